The summed E-state index contributed by atoms with van der Waals surface area (Å²) in [6.07, 6.45) is 4.28. The Morgan fingerprint density at radius 2 is 1.71 bits per heavy atom. The van der Waals surface area contributed by atoms with E-state index in [-0.39, 0.29) is 5.91 Å². The van der Waals surface area contributed by atoms with E-state index in [0.29, 0.717) is 12.5 Å². The monoisotopic (exact) mass is 243 g/mol. The zero-order valence-electron chi connectivity index (χ0n) is 11.6. The van der Waals surface area contributed by atoms with Gasteiger partial charge in [0, 0.05) is 25.6 Å². The minimum atomic E-state index is 0.131. The Morgan fingerprint density at radius 3 is 2.35 bits per heavy atom. The highest BCUT2D eigenvalue weighted by atomic mass is 16.1. The van der Waals surface area contributed by atoms with Crippen LogP contribution in [0.4, 0.5) is 0 Å². The molecule has 0 aromatic heterocycles. The van der Waals surface area contributed by atoms with E-state index in [1.54, 1.807) is 0 Å². The zero-order valence-corrected chi connectivity index (χ0v) is 11.6. The van der Waals surface area contributed by atoms with Crippen molar-refractivity contribution in [3.8, 4) is 0 Å². The molecule has 0 radical (unpaired) electrons. The van der Waals surface area contributed by atoms with Crippen molar-refractivity contribution in [3.63, 3.8) is 0 Å². The van der Waals surface area contributed by atoms with Crippen molar-refractivity contribution < 1.29 is 4.79 Å². The summed E-state index contributed by atoms with van der Waals surface area (Å²) < 4.78 is 0. The van der Waals surface area contributed by atoms with Gasteiger partial charge in [0.2, 0.25) is 5.91 Å². The number of nitrogens with one attached hydrogen (secondary N) is 3. The Kier molecular flexibility index (Phi) is 11.4. The van der Waals surface area contributed by atoms with E-state index < -0.39 is 0 Å². The van der Waals surface area contributed by atoms with Crippen LogP contribution in [0.15, 0.2) is 0 Å². The third-order valence-electron chi connectivity index (χ3n) is 2.53. The predicted molar refractivity (Wildman–Crippen MR) is 73.2 cm³/mol. The Bertz CT molecular complexity index is 184. The highest BCUT2D eigenvalue weighted by Gasteiger charge is 1.95. The second-order valence-corrected chi connectivity index (χ2v) is 4.62. The van der Waals surface area contributed by atoms with Crippen molar-refractivity contribution in [1.29, 1.82) is 0 Å². The number of hydrogen-bond acceptors (Lipinski definition) is 3. The molecular formula is C13H29N3O. The lowest BCUT2D eigenvalue weighted by Gasteiger charge is -2.08. The van der Waals surface area contributed by atoms with Crippen molar-refractivity contribution in [3.05, 3.63) is 0 Å². The van der Waals surface area contributed by atoms with Gasteiger partial charge < -0.3 is 16.0 Å². The lowest BCUT2D eigenvalue weighted by atomic mass is 10.2. The smallest absolute Gasteiger partial charge is 0.219 e. The lowest BCUT2D eigenvalue weighted by Crippen LogP contribution is -2.31. The summed E-state index contributed by atoms with van der Waals surface area (Å²) in [5.74, 6) is 0.131. The molecule has 0 aliphatic heterocycles. The maximum absolute atomic E-state index is 10.9. The summed E-state index contributed by atoms with van der Waals surface area (Å²) in [7, 11) is 0. The second kappa shape index (κ2) is 11.9. The molecular weight excluding hydrogens is 214 g/mol. The molecule has 1 amide bonds. The van der Waals surface area contributed by atoms with Crippen LogP contribution in [0.25, 0.3) is 0 Å². The van der Waals surface area contributed by atoms with Gasteiger partial charge in [0.15, 0.2) is 0 Å². The minimum absolute atomic E-state index is 0.131. The molecule has 102 valence electrons. The van der Waals surface area contributed by atoms with Crippen molar-refractivity contribution in [1.82, 2.24) is 16.0 Å². The van der Waals surface area contributed by atoms with Crippen LogP contribution in [-0.4, -0.2) is 38.1 Å². The second-order valence-electron chi connectivity index (χ2n) is 4.62. The van der Waals surface area contributed by atoms with E-state index in [0.717, 1.165) is 26.2 Å². The maximum Gasteiger partial charge on any atom is 0.219 e. The molecule has 0 spiro atoms. The molecule has 0 saturated heterocycles. The van der Waals surface area contributed by atoms with Crippen molar-refractivity contribution >= 4 is 5.91 Å². The molecule has 0 fully saturated rings. The fourth-order valence-electron chi connectivity index (χ4n) is 1.48. The first-order valence-electron chi connectivity index (χ1n) is 6.87. The molecule has 0 aromatic carbocycles. The highest BCUT2D eigenvalue weighted by Crippen LogP contribution is 1.92. The highest BCUT2D eigenvalue weighted by molar-refractivity contribution is 5.75. The van der Waals surface area contributed by atoms with E-state index in [9.17, 15) is 4.79 Å². The number of carbonyl (C=O) groups is 1. The van der Waals surface area contributed by atoms with Gasteiger partial charge >= 0.3 is 0 Å². The molecule has 3 N–H and O–H groups in total. The summed E-state index contributed by atoms with van der Waals surface area (Å²) in [5.41, 5.74) is 0. The van der Waals surface area contributed by atoms with Gasteiger partial charge in [0.05, 0.1) is 0 Å². The summed E-state index contributed by atoms with van der Waals surface area (Å²) in [6.45, 7) is 9.98. The van der Waals surface area contributed by atoms with E-state index in [1.807, 2.05) is 6.92 Å². The number of amides is 1. The van der Waals surface area contributed by atoms with Crippen LogP contribution in [0.5, 0.6) is 0 Å². The van der Waals surface area contributed by atoms with Gasteiger partial charge in [-0.3, -0.25) is 4.79 Å². The fourth-order valence-corrected chi connectivity index (χ4v) is 1.48. The summed E-state index contributed by atoms with van der Waals surface area (Å²) in [5, 5.41) is 9.58. The summed E-state index contributed by atoms with van der Waals surface area (Å²) in [6, 6.07) is 0.593. The molecule has 0 aliphatic carbocycles. The van der Waals surface area contributed by atoms with Crippen molar-refractivity contribution in [2.75, 3.05) is 26.2 Å². The number of rotatable bonds is 11. The molecule has 0 atom stereocenters. The van der Waals surface area contributed by atoms with Gasteiger partial charge in [0.1, 0.15) is 0 Å². The van der Waals surface area contributed by atoms with Crippen LogP contribution in [0.1, 0.15) is 46.5 Å². The van der Waals surface area contributed by atoms with Crippen LogP contribution in [-0.2, 0) is 4.79 Å². The molecule has 0 unspecified atom stereocenters. The van der Waals surface area contributed by atoms with Gasteiger partial charge in [-0.05, 0) is 25.9 Å². The first kappa shape index (κ1) is 16.4. The third kappa shape index (κ3) is 13.3. The largest absolute Gasteiger partial charge is 0.355 e. The first-order valence-corrected chi connectivity index (χ1v) is 6.87. The Morgan fingerprint density at radius 1 is 1.00 bits per heavy atom. The Labute approximate surface area is 106 Å². The fraction of sp³-hybridized carbons (Fsp3) is 0.923. The van der Waals surface area contributed by atoms with Gasteiger partial charge in [0.25, 0.3) is 0 Å². The number of carbonyl (C=O) groups excluding carboxylic acids is 1. The molecule has 4 heteroatoms. The number of unbranched alkanes of at least 4 members (excludes halogenated alkanes) is 2. The maximum atomic E-state index is 10.9. The van der Waals surface area contributed by atoms with Gasteiger partial charge in [-0.2, -0.15) is 0 Å². The summed E-state index contributed by atoms with van der Waals surface area (Å²) >= 11 is 0. The molecule has 0 aromatic rings. The van der Waals surface area contributed by atoms with E-state index >= 15 is 0 Å². The van der Waals surface area contributed by atoms with E-state index in [4.69, 9.17) is 0 Å². The van der Waals surface area contributed by atoms with Crippen molar-refractivity contribution in [2.24, 2.45) is 0 Å². The average molecular weight is 243 g/mol. The zero-order chi connectivity index (χ0) is 12.9. The third-order valence-corrected chi connectivity index (χ3v) is 2.53. The molecule has 0 aliphatic rings. The van der Waals surface area contributed by atoms with Crippen LogP contribution in [0.3, 0.4) is 0 Å². The molecule has 0 rings (SSSR count). The van der Waals surface area contributed by atoms with Crippen LogP contribution < -0.4 is 16.0 Å². The first-order chi connectivity index (χ1) is 8.16. The van der Waals surface area contributed by atoms with Gasteiger partial charge in [-0.15, -0.1) is 0 Å². The minimum Gasteiger partial charge on any atom is -0.355 e. The molecule has 0 heterocycles. The normalized spacial score (nSPS) is 10.8. The molecule has 17 heavy (non-hydrogen) atoms. The summed E-state index contributed by atoms with van der Waals surface area (Å²) in [4.78, 5) is 10.9. The Hall–Kier alpha value is -0.610. The predicted octanol–water partition coefficient (Wildman–Crippen LogP) is 1.27. The van der Waals surface area contributed by atoms with Gasteiger partial charge in [-0.25, -0.2) is 0 Å². The topological polar surface area (TPSA) is 53.2 Å². The SMILES string of the molecule is CCC(=O)NCCNCCCCCNC(C)C. The molecule has 4 nitrogen and oxygen atoms in total. The van der Waals surface area contributed by atoms with Crippen molar-refractivity contribution in [2.45, 2.75) is 52.5 Å². The standard InChI is InChI=1S/C13H29N3O/c1-4-13(17)16-11-10-14-8-6-5-7-9-15-12(2)3/h12,14-15H,4-11H2,1-3H3,(H,16,17). The lowest BCUT2D eigenvalue weighted by molar-refractivity contribution is -0.120. The van der Waals surface area contributed by atoms with Gasteiger partial charge in [-0.1, -0.05) is 27.2 Å². The van der Waals surface area contributed by atoms with Crippen LogP contribution in [0.2, 0.25) is 0 Å². The molecule has 0 saturated carbocycles. The van der Waals surface area contributed by atoms with Crippen LogP contribution in [0, 0.1) is 0 Å². The average Bonchev–Trinajstić information content (AvgIpc) is 2.30. The Balaban J connectivity index is 3.01. The quantitative estimate of drug-likeness (QED) is 0.479. The number of hydrogen-bond donors (Lipinski definition) is 3. The van der Waals surface area contributed by atoms with E-state index in [2.05, 4.69) is 29.8 Å². The molecule has 0 bridgehead atoms. The van der Waals surface area contributed by atoms with E-state index in [1.165, 1.54) is 19.3 Å². The van der Waals surface area contributed by atoms with Crippen LogP contribution >= 0.6 is 0 Å².